The number of methoxy groups -OCH3 is 3. The highest BCUT2D eigenvalue weighted by atomic mass is 19.4. The number of alkyl halides is 3. The summed E-state index contributed by atoms with van der Waals surface area (Å²) in [5, 5.41) is 6.76. The third kappa shape index (κ3) is 4.87. The van der Waals surface area contributed by atoms with Gasteiger partial charge in [-0.15, -0.1) is 0 Å². The molecule has 0 unspecified atom stereocenters. The Morgan fingerprint density at radius 1 is 1.06 bits per heavy atom. The van der Waals surface area contributed by atoms with Gasteiger partial charge < -0.3 is 24.1 Å². The van der Waals surface area contributed by atoms with Crippen LogP contribution in [0.4, 0.5) is 18.9 Å². The molecular formula is C20H18F3N3O5. The van der Waals surface area contributed by atoms with E-state index < -0.39 is 17.7 Å². The number of hydrogen-bond acceptors (Lipinski definition) is 8. The molecule has 164 valence electrons. The van der Waals surface area contributed by atoms with Crippen molar-refractivity contribution in [3.05, 3.63) is 53.4 Å². The summed E-state index contributed by atoms with van der Waals surface area (Å²) in [6.45, 7) is 0.0348. The Hall–Kier alpha value is -3.76. The van der Waals surface area contributed by atoms with Crippen molar-refractivity contribution in [2.45, 2.75) is 12.7 Å². The molecule has 11 heteroatoms. The number of ether oxygens (including phenoxy) is 3. The lowest BCUT2D eigenvalue weighted by Crippen LogP contribution is -2.09. The van der Waals surface area contributed by atoms with Gasteiger partial charge in [-0.05, 0) is 12.1 Å². The quantitative estimate of drug-likeness (QED) is 0.551. The maximum Gasteiger partial charge on any atom is 0.416 e. The molecule has 0 bridgehead atoms. The van der Waals surface area contributed by atoms with Gasteiger partial charge in [-0.25, -0.2) is 4.79 Å². The molecule has 0 radical (unpaired) electrons. The zero-order chi connectivity index (χ0) is 22.6. The number of carbonyl (C=O) groups is 1. The first-order valence-electron chi connectivity index (χ1n) is 8.85. The number of anilines is 1. The topological polar surface area (TPSA) is 95.7 Å². The standard InChI is InChI=1S/C20H18F3N3O5/c1-28-15-8-13(19(27)30-3)14(9-16(15)29-2)24-10-17-25-18(26-31-17)11-4-6-12(7-5-11)20(21,22)23/h4-9,24H,10H2,1-3H3. The first-order valence-corrected chi connectivity index (χ1v) is 8.85. The molecule has 0 spiro atoms. The fraction of sp³-hybridized carbons (Fsp3) is 0.250. The highest BCUT2D eigenvalue weighted by Crippen LogP contribution is 2.34. The van der Waals surface area contributed by atoms with Crippen LogP contribution >= 0.6 is 0 Å². The Balaban J connectivity index is 1.79. The second kappa shape index (κ2) is 8.94. The maximum absolute atomic E-state index is 12.7. The molecule has 8 nitrogen and oxygen atoms in total. The number of halogens is 3. The van der Waals surface area contributed by atoms with Crippen molar-refractivity contribution in [1.29, 1.82) is 0 Å². The number of aromatic nitrogens is 2. The van der Waals surface area contributed by atoms with E-state index in [0.29, 0.717) is 22.7 Å². The predicted octanol–water partition coefficient (Wildman–Crippen LogP) is 4.17. The van der Waals surface area contributed by atoms with Gasteiger partial charge in [-0.1, -0.05) is 17.3 Å². The average molecular weight is 437 g/mol. The Labute approximate surface area is 174 Å². The minimum Gasteiger partial charge on any atom is -0.493 e. The van der Waals surface area contributed by atoms with E-state index in [-0.39, 0.29) is 23.8 Å². The largest absolute Gasteiger partial charge is 0.493 e. The highest BCUT2D eigenvalue weighted by Gasteiger charge is 2.30. The molecule has 1 aromatic heterocycles. The molecule has 0 atom stereocenters. The fourth-order valence-corrected chi connectivity index (χ4v) is 2.73. The lowest BCUT2D eigenvalue weighted by atomic mass is 10.1. The van der Waals surface area contributed by atoms with Gasteiger partial charge in [0.05, 0.1) is 44.7 Å². The lowest BCUT2D eigenvalue weighted by molar-refractivity contribution is -0.137. The molecule has 31 heavy (non-hydrogen) atoms. The summed E-state index contributed by atoms with van der Waals surface area (Å²) in [6.07, 6.45) is -4.43. The van der Waals surface area contributed by atoms with Gasteiger partial charge in [0.25, 0.3) is 0 Å². The average Bonchev–Trinajstić information content (AvgIpc) is 3.25. The molecule has 0 aliphatic carbocycles. The van der Waals surface area contributed by atoms with Crippen molar-refractivity contribution in [2.75, 3.05) is 26.6 Å². The first kappa shape index (κ1) is 21.9. The van der Waals surface area contributed by atoms with E-state index in [0.717, 1.165) is 12.1 Å². The monoisotopic (exact) mass is 437 g/mol. The number of nitrogens with one attached hydrogen (secondary N) is 1. The third-order valence-electron chi connectivity index (χ3n) is 4.30. The van der Waals surface area contributed by atoms with E-state index in [1.807, 2.05) is 0 Å². The Bertz CT molecular complexity index is 1060. The third-order valence-corrected chi connectivity index (χ3v) is 4.30. The number of esters is 1. The molecule has 0 fully saturated rings. The van der Waals surface area contributed by atoms with Crippen LogP contribution in [0.1, 0.15) is 21.8 Å². The summed E-state index contributed by atoms with van der Waals surface area (Å²) in [5.74, 6) is 0.412. The smallest absolute Gasteiger partial charge is 0.416 e. The van der Waals surface area contributed by atoms with E-state index in [1.54, 1.807) is 6.07 Å². The predicted molar refractivity (Wildman–Crippen MR) is 103 cm³/mol. The molecule has 1 heterocycles. The van der Waals surface area contributed by atoms with Gasteiger partial charge in [-0.2, -0.15) is 18.2 Å². The molecule has 0 saturated carbocycles. The van der Waals surface area contributed by atoms with Gasteiger partial charge in [0.2, 0.25) is 11.7 Å². The molecule has 3 rings (SSSR count). The minimum absolute atomic E-state index is 0.0348. The van der Waals surface area contributed by atoms with Crippen LogP contribution in [0.25, 0.3) is 11.4 Å². The van der Waals surface area contributed by atoms with Crippen LogP contribution in [0, 0.1) is 0 Å². The maximum atomic E-state index is 12.7. The van der Waals surface area contributed by atoms with Crippen LogP contribution in [0.15, 0.2) is 40.9 Å². The number of hydrogen-bond donors (Lipinski definition) is 1. The number of carbonyl (C=O) groups excluding carboxylic acids is 1. The lowest BCUT2D eigenvalue weighted by Gasteiger charge is -2.14. The summed E-state index contributed by atoms with van der Waals surface area (Å²) < 4.78 is 58.5. The number of rotatable bonds is 7. The van der Waals surface area contributed by atoms with Gasteiger partial charge in [0.15, 0.2) is 11.5 Å². The van der Waals surface area contributed by atoms with Crippen LogP contribution in [-0.2, 0) is 17.5 Å². The minimum atomic E-state index is -4.43. The molecule has 0 amide bonds. The highest BCUT2D eigenvalue weighted by molar-refractivity contribution is 5.96. The zero-order valence-electron chi connectivity index (χ0n) is 16.7. The Kier molecular flexibility index (Phi) is 6.33. The van der Waals surface area contributed by atoms with Crippen molar-refractivity contribution in [3.8, 4) is 22.9 Å². The van der Waals surface area contributed by atoms with Crippen LogP contribution in [-0.4, -0.2) is 37.4 Å². The van der Waals surface area contributed by atoms with Gasteiger partial charge >= 0.3 is 12.1 Å². The van der Waals surface area contributed by atoms with E-state index in [1.165, 1.54) is 39.5 Å². The van der Waals surface area contributed by atoms with Gasteiger partial charge in [-0.3, -0.25) is 0 Å². The summed E-state index contributed by atoms with van der Waals surface area (Å²) in [6, 6.07) is 7.42. The van der Waals surface area contributed by atoms with Crippen molar-refractivity contribution >= 4 is 11.7 Å². The molecule has 0 aliphatic rings. The summed E-state index contributed by atoms with van der Waals surface area (Å²) in [5.41, 5.74) is 0.163. The fourth-order valence-electron chi connectivity index (χ4n) is 2.73. The molecule has 1 N–H and O–H groups in total. The molecule has 2 aromatic carbocycles. The Morgan fingerprint density at radius 3 is 2.29 bits per heavy atom. The van der Waals surface area contributed by atoms with E-state index in [4.69, 9.17) is 18.7 Å². The van der Waals surface area contributed by atoms with Crippen molar-refractivity contribution in [3.63, 3.8) is 0 Å². The first-order chi connectivity index (χ1) is 14.8. The van der Waals surface area contributed by atoms with Crippen LogP contribution in [0.5, 0.6) is 11.5 Å². The molecule has 0 saturated heterocycles. The second-order valence-corrected chi connectivity index (χ2v) is 6.18. The van der Waals surface area contributed by atoms with E-state index >= 15 is 0 Å². The molecule has 0 aliphatic heterocycles. The van der Waals surface area contributed by atoms with Crippen LogP contribution < -0.4 is 14.8 Å². The number of nitrogens with zero attached hydrogens (tertiary/aromatic N) is 2. The summed E-state index contributed by atoms with van der Waals surface area (Å²) >= 11 is 0. The van der Waals surface area contributed by atoms with Gasteiger partial charge in [0.1, 0.15) is 0 Å². The molecule has 3 aromatic rings. The van der Waals surface area contributed by atoms with Gasteiger partial charge in [0, 0.05) is 17.7 Å². The SMILES string of the molecule is COC(=O)c1cc(OC)c(OC)cc1NCc1nc(-c2ccc(C(F)(F)F)cc2)no1. The second-order valence-electron chi connectivity index (χ2n) is 6.18. The number of benzene rings is 2. The van der Waals surface area contributed by atoms with Crippen molar-refractivity contribution < 1.29 is 36.7 Å². The van der Waals surface area contributed by atoms with Crippen LogP contribution in [0.3, 0.4) is 0 Å². The van der Waals surface area contributed by atoms with Crippen molar-refractivity contribution in [2.24, 2.45) is 0 Å². The Morgan fingerprint density at radius 2 is 1.71 bits per heavy atom. The normalized spacial score (nSPS) is 11.2. The summed E-state index contributed by atoms with van der Waals surface area (Å²) in [4.78, 5) is 16.3. The van der Waals surface area contributed by atoms with Crippen LogP contribution in [0.2, 0.25) is 0 Å². The molecular weight excluding hydrogens is 419 g/mol. The summed E-state index contributed by atoms with van der Waals surface area (Å²) in [7, 11) is 4.14. The van der Waals surface area contributed by atoms with E-state index in [2.05, 4.69) is 15.5 Å². The van der Waals surface area contributed by atoms with E-state index in [9.17, 15) is 18.0 Å². The van der Waals surface area contributed by atoms with Crippen molar-refractivity contribution in [1.82, 2.24) is 10.1 Å². The zero-order valence-corrected chi connectivity index (χ0v) is 16.7.